The Bertz CT molecular complexity index is 1430. The van der Waals surface area contributed by atoms with Gasteiger partial charge in [-0.2, -0.15) is 0 Å². The Hall–Kier alpha value is -4.41. The molecule has 0 radical (unpaired) electrons. The SMILES string of the molecule is CC1(C)CCCN(C(=O)C2CC(C(=O)OC(C)(C)C)N(c3c(C(=O)O)ccc(CC=O)c3NC(N)=O)C2c2ccccc2)C1. The van der Waals surface area contributed by atoms with Crippen molar-refractivity contribution in [3.05, 3.63) is 59.2 Å². The number of benzene rings is 2. The van der Waals surface area contributed by atoms with E-state index in [1.165, 1.54) is 12.1 Å². The number of nitrogens with two attached hydrogens (primary N) is 1. The van der Waals surface area contributed by atoms with Crippen molar-refractivity contribution in [1.82, 2.24) is 4.90 Å². The summed E-state index contributed by atoms with van der Waals surface area (Å²) >= 11 is 0. The quantitative estimate of drug-likeness (QED) is 0.292. The van der Waals surface area contributed by atoms with Crippen LogP contribution in [0, 0.1) is 11.3 Å². The Morgan fingerprint density at radius 2 is 1.80 bits per heavy atom. The number of amides is 3. The summed E-state index contributed by atoms with van der Waals surface area (Å²) in [6.45, 7) is 10.5. The number of anilines is 2. The molecule has 11 heteroatoms. The molecule has 2 aromatic carbocycles. The van der Waals surface area contributed by atoms with Gasteiger partial charge in [-0.25, -0.2) is 14.4 Å². The lowest BCUT2D eigenvalue weighted by Crippen LogP contribution is -2.47. The molecule has 2 heterocycles. The maximum absolute atomic E-state index is 14.4. The molecule has 0 spiro atoms. The minimum Gasteiger partial charge on any atom is -0.478 e. The molecule has 11 nitrogen and oxygen atoms in total. The Labute approximate surface area is 257 Å². The molecule has 0 saturated carbocycles. The van der Waals surface area contributed by atoms with E-state index in [0.29, 0.717) is 30.5 Å². The second-order valence-corrected chi connectivity index (χ2v) is 13.3. The number of nitrogens with zero attached hydrogens (tertiary/aromatic N) is 2. The topological polar surface area (TPSA) is 159 Å². The predicted molar refractivity (Wildman–Crippen MR) is 165 cm³/mol. The molecule has 44 heavy (non-hydrogen) atoms. The van der Waals surface area contributed by atoms with Crippen LogP contribution in [0.15, 0.2) is 42.5 Å². The number of carboxylic acids is 1. The fraction of sp³-hybridized carbons (Fsp3) is 0.485. The maximum Gasteiger partial charge on any atom is 0.337 e. The fourth-order valence-corrected chi connectivity index (χ4v) is 6.47. The first-order valence-electron chi connectivity index (χ1n) is 14.9. The van der Waals surface area contributed by atoms with E-state index < -0.39 is 41.6 Å². The fourth-order valence-electron chi connectivity index (χ4n) is 6.47. The average Bonchev–Trinajstić information content (AvgIpc) is 3.32. The first-order chi connectivity index (χ1) is 20.6. The van der Waals surface area contributed by atoms with Crippen molar-refractivity contribution in [2.75, 3.05) is 23.3 Å². The number of carbonyl (C=O) groups excluding carboxylic acids is 4. The predicted octanol–water partition coefficient (Wildman–Crippen LogP) is 4.54. The van der Waals surface area contributed by atoms with Gasteiger partial charge in [0.2, 0.25) is 5.91 Å². The summed E-state index contributed by atoms with van der Waals surface area (Å²) in [7, 11) is 0. The first kappa shape index (κ1) is 32.5. The van der Waals surface area contributed by atoms with Crippen molar-refractivity contribution >= 4 is 41.5 Å². The number of urea groups is 1. The highest BCUT2D eigenvalue weighted by Gasteiger charge is 2.52. The van der Waals surface area contributed by atoms with Crippen molar-refractivity contribution in [1.29, 1.82) is 0 Å². The lowest BCUT2D eigenvalue weighted by atomic mass is 9.83. The summed E-state index contributed by atoms with van der Waals surface area (Å²) in [5, 5.41) is 12.9. The molecular weight excluding hydrogens is 564 g/mol. The van der Waals surface area contributed by atoms with Gasteiger partial charge in [0.05, 0.1) is 28.9 Å². The van der Waals surface area contributed by atoms with Crippen molar-refractivity contribution in [2.45, 2.75) is 78.0 Å². The number of ether oxygens (including phenoxy) is 1. The smallest absolute Gasteiger partial charge is 0.337 e. The van der Waals surface area contributed by atoms with Crippen LogP contribution in [0.4, 0.5) is 16.2 Å². The third-order valence-corrected chi connectivity index (χ3v) is 8.15. The lowest BCUT2D eigenvalue weighted by molar-refractivity contribution is -0.156. The van der Waals surface area contributed by atoms with Gasteiger partial charge in [-0.15, -0.1) is 0 Å². The van der Waals surface area contributed by atoms with Crippen LogP contribution in [0.5, 0.6) is 0 Å². The first-order valence-corrected chi connectivity index (χ1v) is 14.9. The molecule has 4 N–H and O–H groups in total. The molecule has 0 aromatic heterocycles. The van der Waals surface area contributed by atoms with Crippen molar-refractivity contribution < 1.29 is 33.8 Å². The molecule has 3 unspecified atom stereocenters. The summed E-state index contributed by atoms with van der Waals surface area (Å²) in [4.78, 5) is 68.5. The molecular formula is C33H42N4O7. The summed E-state index contributed by atoms with van der Waals surface area (Å²) in [6.07, 6.45) is 2.32. The van der Waals surface area contributed by atoms with Crippen LogP contribution in [-0.2, 0) is 25.5 Å². The lowest BCUT2D eigenvalue weighted by Gasteiger charge is -2.40. The number of likely N-dealkylation sites (tertiary alicyclic amines) is 1. The third kappa shape index (κ3) is 7.03. The monoisotopic (exact) mass is 606 g/mol. The molecule has 3 amide bonds. The third-order valence-electron chi connectivity index (χ3n) is 8.15. The summed E-state index contributed by atoms with van der Waals surface area (Å²) in [5.74, 6) is -2.88. The number of hydrogen-bond donors (Lipinski definition) is 3. The van der Waals surface area contributed by atoms with Gasteiger partial charge in [-0.1, -0.05) is 50.2 Å². The van der Waals surface area contributed by atoms with Gasteiger partial charge >= 0.3 is 18.0 Å². The highest BCUT2D eigenvalue weighted by atomic mass is 16.6. The molecule has 236 valence electrons. The Morgan fingerprint density at radius 1 is 1.11 bits per heavy atom. The van der Waals surface area contributed by atoms with E-state index in [0.717, 1.165) is 12.8 Å². The summed E-state index contributed by atoms with van der Waals surface area (Å²) < 4.78 is 5.84. The van der Waals surface area contributed by atoms with Gasteiger partial charge in [0, 0.05) is 19.5 Å². The molecule has 2 aromatic rings. The number of nitrogens with one attached hydrogen (secondary N) is 1. The van der Waals surface area contributed by atoms with E-state index in [4.69, 9.17) is 10.5 Å². The molecule has 3 atom stereocenters. The van der Waals surface area contributed by atoms with Gasteiger partial charge < -0.3 is 35.5 Å². The zero-order valence-corrected chi connectivity index (χ0v) is 26.0. The number of piperidine rings is 1. The Balaban J connectivity index is 2.01. The number of hydrogen-bond acceptors (Lipinski definition) is 7. The van der Waals surface area contributed by atoms with Gasteiger partial charge in [0.1, 0.15) is 17.9 Å². The normalized spacial score (nSPS) is 21.4. The van der Waals surface area contributed by atoms with Crippen LogP contribution < -0.4 is 16.0 Å². The van der Waals surface area contributed by atoms with E-state index in [9.17, 15) is 29.1 Å². The van der Waals surface area contributed by atoms with E-state index >= 15 is 0 Å². The number of carbonyl (C=O) groups is 5. The number of aromatic carboxylic acids is 1. The minimum atomic E-state index is -1.33. The molecule has 2 saturated heterocycles. The molecule has 2 fully saturated rings. The zero-order chi connectivity index (χ0) is 32.4. The van der Waals surface area contributed by atoms with Gasteiger partial charge in [0.25, 0.3) is 0 Å². The standard InChI is InChI=1S/C33H42N4O7/c1-32(2,3)44-30(42)24-18-23(28(39)36-16-9-15-33(4,5)19-36)26(21-10-7-6-8-11-21)37(24)27-22(29(40)41)13-12-20(14-17-38)25(27)35-31(34)43/h6-8,10-13,17,23-24,26H,9,14-16,18-19H2,1-5H3,(H,40,41)(H3,34,35,43). The van der Waals surface area contributed by atoms with Gasteiger partial charge in [-0.05, 0) is 62.6 Å². The van der Waals surface area contributed by atoms with Crippen LogP contribution in [0.1, 0.15) is 81.4 Å². The second kappa shape index (κ2) is 12.7. The largest absolute Gasteiger partial charge is 0.478 e. The molecule has 0 bridgehead atoms. The highest BCUT2D eigenvalue weighted by molar-refractivity contribution is 6.05. The van der Waals surface area contributed by atoms with Crippen LogP contribution in [0.3, 0.4) is 0 Å². The van der Waals surface area contributed by atoms with Gasteiger partial charge in [-0.3, -0.25) is 4.79 Å². The number of rotatable bonds is 8. The Morgan fingerprint density at radius 3 is 2.36 bits per heavy atom. The maximum atomic E-state index is 14.4. The van der Waals surface area contributed by atoms with Gasteiger partial charge in [0.15, 0.2) is 0 Å². The van der Waals surface area contributed by atoms with E-state index in [-0.39, 0.29) is 41.1 Å². The number of primary amides is 1. The number of esters is 1. The molecule has 2 aliphatic heterocycles. The van der Waals surface area contributed by atoms with E-state index in [1.54, 1.807) is 25.7 Å². The molecule has 4 rings (SSSR count). The van der Waals surface area contributed by atoms with E-state index in [2.05, 4.69) is 19.2 Å². The van der Waals surface area contributed by atoms with Crippen LogP contribution >= 0.6 is 0 Å². The Kier molecular flexibility index (Phi) is 9.36. The van der Waals surface area contributed by atoms with Crippen LogP contribution in [-0.4, -0.2) is 64.9 Å². The van der Waals surface area contributed by atoms with Crippen molar-refractivity contribution in [3.63, 3.8) is 0 Å². The second-order valence-electron chi connectivity index (χ2n) is 13.3. The summed E-state index contributed by atoms with van der Waals surface area (Å²) in [6, 6.07) is 8.96. The zero-order valence-electron chi connectivity index (χ0n) is 26.0. The van der Waals surface area contributed by atoms with Crippen LogP contribution in [0.25, 0.3) is 0 Å². The van der Waals surface area contributed by atoms with E-state index in [1.807, 2.05) is 35.2 Å². The van der Waals surface area contributed by atoms with Crippen LogP contribution in [0.2, 0.25) is 0 Å². The average molecular weight is 607 g/mol. The minimum absolute atomic E-state index is 0.00815. The summed E-state index contributed by atoms with van der Waals surface area (Å²) in [5.41, 5.74) is 5.31. The molecule has 2 aliphatic rings. The molecule has 0 aliphatic carbocycles. The van der Waals surface area contributed by atoms with Crippen molar-refractivity contribution in [3.8, 4) is 0 Å². The number of carboxylic acid groups (broad SMARTS) is 1. The van der Waals surface area contributed by atoms with Crippen molar-refractivity contribution in [2.24, 2.45) is 17.1 Å². The number of aldehydes is 1. The highest BCUT2D eigenvalue weighted by Crippen LogP contribution is 2.50.